The molecule has 7 heavy (non-hydrogen) atoms. The first-order valence-corrected chi connectivity index (χ1v) is 2.60. The zero-order chi connectivity index (χ0) is 5.11. The molecule has 0 bridgehead atoms. The van der Waals surface area contributed by atoms with Crippen LogP contribution in [-0.2, 0) is 4.74 Å². The summed E-state index contributed by atoms with van der Waals surface area (Å²) in [7, 11) is 1.85. The van der Waals surface area contributed by atoms with Gasteiger partial charge >= 0.3 is 0 Å². The average molecular weight is 100 g/mol. The van der Waals surface area contributed by atoms with Gasteiger partial charge in [-0.25, -0.2) is 5.32 Å². The largest absolute Gasteiger partial charge is 0.380 e. The predicted molar refractivity (Wildman–Crippen MR) is 27.3 cm³/mol. The number of rotatable bonds is 1. The van der Waals surface area contributed by atoms with Crippen LogP contribution in [-0.4, -0.2) is 26.3 Å². The maximum Gasteiger partial charge on any atom is 0.0636 e. The SMILES string of the molecule is C[N]C1CCOC1. The highest BCUT2D eigenvalue weighted by Gasteiger charge is 2.12. The van der Waals surface area contributed by atoms with Crippen molar-refractivity contribution in [3.63, 3.8) is 0 Å². The summed E-state index contributed by atoms with van der Waals surface area (Å²) in [6, 6.07) is 0.500. The van der Waals surface area contributed by atoms with Crippen LogP contribution in [0.3, 0.4) is 0 Å². The Kier molecular flexibility index (Phi) is 1.65. The first-order chi connectivity index (χ1) is 3.43. The zero-order valence-corrected chi connectivity index (χ0v) is 4.55. The summed E-state index contributed by atoms with van der Waals surface area (Å²) in [4.78, 5) is 0. The predicted octanol–water partition coefficient (Wildman–Crippen LogP) is 0.00950. The highest BCUT2D eigenvalue weighted by molar-refractivity contribution is 4.67. The molecule has 1 unspecified atom stereocenters. The second-order valence-electron chi connectivity index (χ2n) is 1.78. The van der Waals surface area contributed by atoms with Gasteiger partial charge in [-0.1, -0.05) is 0 Å². The van der Waals surface area contributed by atoms with Crippen LogP contribution in [0, 0.1) is 0 Å². The molecule has 2 nitrogen and oxygen atoms in total. The lowest BCUT2D eigenvalue weighted by Gasteiger charge is -1.98. The van der Waals surface area contributed by atoms with E-state index in [-0.39, 0.29) is 0 Å². The summed E-state index contributed by atoms with van der Waals surface area (Å²) in [6.45, 7) is 1.75. The highest BCUT2D eigenvalue weighted by Crippen LogP contribution is 2.02. The van der Waals surface area contributed by atoms with Gasteiger partial charge in [0.05, 0.1) is 6.61 Å². The summed E-state index contributed by atoms with van der Waals surface area (Å²) >= 11 is 0. The second-order valence-corrected chi connectivity index (χ2v) is 1.78. The molecule has 1 atom stereocenters. The third-order valence-corrected chi connectivity index (χ3v) is 1.27. The van der Waals surface area contributed by atoms with Crippen molar-refractivity contribution >= 4 is 0 Å². The molecule has 0 aromatic heterocycles. The van der Waals surface area contributed by atoms with Crippen molar-refractivity contribution in [1.29, 1.82) is 0 Å². The number of hydrogen-bond acceptors (Lipinski definition) is 1. The molecule has 1 fully saturated rings. The molecule has 1 heterocycles. The van der Waals surface area contributed by atoms with Crippen LogP contribution in [0.1, 0.15) is 6.42 Å². The number of nitrogens with zero attached hydrogens (tertiary/aromatic N) is 1. The molecule has 1 aliphatic heterocycles. The Labute approximate surface area is 43.9 Å². The Hall–Kier alpha value is -0.0800. The summed E-state index contributed by atoms with van der Waals surface area (Å²) in [5, 5.41) is 4.06. The maximum atomic E-state index is 5.05. The molecular weight excluding hydrogens is 90.1 g/mol. The van der Waals surface area contributed by atoms with Crippen molar-refractivity contribution < 1.29 is 4.74 Å². The van der Waals surface area contributed by atoms with Gasteiger partial charge in [0.15, 0.2) is 0 Å². The Bertz CT molecular complexity index is 50.0. The second kappa shape index (κ2) is 2.28. The van der Waals surface area contributed by atoms with Gasteiger partial charge in [-0.3, -0.25) is 0 Å². The van der Waals surface area contributed by atoms with Crippen molar-refractivity contribution in [2.75, 3.05) is 20.3 Å². The lowest BCUT2D eigenvalue weighted by molar-refractivity contribution is 0.190. The lowest BCUT2D eigenvalue weighted by Crippen LogP contribution is -2.17. The van der Waals surface area contributed by atoms with Crippen molar-refractivity contribution in [3.8, 4) is 0 Å². The van der Waals surface area contributed by atoms with Gasteiger partial charge in [0.1, 0.15) is 0 Å². The van der Waals surface area contributed by atoms with E-state index in [1.165, 1.54) is 0 Å². The van der Waals surface area contributed by atoms with E-state index in [1.54, 1.807) is 0 Å². The Morgan fingerprint density at radius 1 is 1.71 bits per heavy atom. The van der Waals surface area contributed by atoms with Crippen molar-refractivity contribution in [3.05, 3.63) is 0 Å². The fourth-order valence-electron chi connectivity index (χ4n) is 0.726. The minimum Gasteiger partial charge on any atom is -0.380 e. The van der Waals surface area contributed by atoms with E-state index >= 15 is 0 Å². The molecule has 41 valence electrons. The number of hydrogen-bond donors (Lipinski definition) is 0. The summed E-state index contributed by atoms with van der Waals surface area (Å²) < 4.78 is 5.05. The van der Waals surface area contributed by atoms with Crippen LogP contribution in [0.25, 0.3) is 0 Å². The van der Waals surface area contributed by atoms with Gasteiger partial charge in [0.25, 0.3) is 0 Å². The smallest absolute Gasteiger partial charge is 0.0636 e. The monoisotopic (exact) mass is 100 g/mol. The van der Waals surface area contributed by atoms with Crippen molar-refractivity contribution in [1.82, 2.24) is 5.32 Å². The molecule has 0 amide bonds. The Morgan fingerprint density at radius 3 is 2.86 bits per heavy atom. The Morgan fingerprint density at radius 2 is 2.57 bits per heavy atom. The van der Waals surface area contributed by atoms with Gasteiger partial charge in [-0.2, -0.15) is 0 Å². The van der Waals surface area contributed by atoms with Crippen LogP contribution < -0.4 is 5.32 Å². The third-order valence-electron chi connectivity index (χ3n) is 1.27. The van der Waals surface area contributed by atoms with Gasteiger partial charge < -0.3 is 4.74 Å². The molecule has 2 heteroatoms. The molecule has 1 radical (unpaired) electrons. The van der Waals surface area contributed by atoms with Crippen LogP contribution in [0.2, 0.25) is 0 Å². The number of likely N-dealkylation sites (N-methyl/N-ethyl adjacent to an activating group) is 1. The van der Waals surface area contributed by atoms with Crippen LogP contribution in [0.4, 0.5) is 0 Å². The standard InChI is InChI=1S/C5H10NO/c1-6-5-2-3-7-4-5/h5H,2-4H2,1H3. The minimum absolute atomic E-state index is 0.500. The fraction of sp³-hybridized carbons (Fsp3) is 1.00. The van der Waals surface area contributed by atoms with E-state index < -0.39 is 0 Å². The molecule has 1 saturated heterocycles. The molecule has 0 spiro atoms. The van der Waals surface area contributed by atoms with E-state index in [0.29, 0.717) is 6.04 Å². The van der Waals surface area contributed by atoms with Crippen molar-refractivity contribution in [2.24, 2.45) is 0 Å². The first kappa shape index (κ1) is 5.06. The molecule has 0 aromatic carbocycles. The van der Waals surface area contributed by atoms with E-state index in [2.05, 4.69) is 5.32 Å². The molecule has 1 aliphatic rings. The zero-order valence-electron chi connectivity index (χ0n) is 4.55. The van der Waals surface area contributed by atoms with Crippen LogP contribution in [0.5, 0.6) is 0 Å². The van der Waals surface area contributed by atoms with Gasteiger partial charge in [0.2, 0.25) is 0 Å². The molecular formula is C5H10NO. The average Bonchev–Trinajstić information content (AvgIpc) is 2.14. The summed E-state index contributed by atoms with van der Waals surface area (Å²) in [5.41, 5.74) is 0. The molecule has 0 aliphatic carbocycles. The van der Waals surface area contributed by atoms with E-state index in [9.17, 15) is 0 Å². The Balaban J connectivity index is 2.14. The summed E-state index contributed by atoms with van der Waals surface area (Å²) in [6.07, 6.45) is 1.12. The first-order valence-electron chi connectivity index (χ1n) is 2.60. The number of ether oxygens (including phenoxy) is 1. The molecule has 0 saturated carbocycles. The van der Waals surface area contributed by atoms with Crippen LogP contribution in [0.15, 0.2) is 0 Å². The third kappa shape index (κ3) is 1.14. The van der Waals surface area contributed by atoms with Crippen molar-refractivity contribution in [2.45, 2.75) is 12.5 Å². The summed E-state index contributed by atoms with van der Waals surface area (Å²) in [5.74, 6) is 0. The van der Waals surface area contributed by atoms with E-state index in [4.69, 9.17) is 4.74 Å². The van der Waals surface area contributed by atoms with E-state index in [0.717, 1.165) is 19.6 Å². The van der Waals surface area contributed by atoms with E-state index in [1.807, 2.05) is 7.05 Å². The maximum absolute atomic E-state index is 5.05. The topological polar surface area (TPSA) is 23.3 Å². The van der Waals surface area contributed by atoms with Crippen LogP contribution >= 0.6 is 0 Å². The quantitative estimate of drug-likeness (QED) is 0.455. The highest BCUT2D eigenvalue weighted by atomic mass is 16.5. The van der Waals surface area contributed by atoms with Gasteiger partial charge in [-0.05, 0) is 6.42 Å². The van der Waals surface area contributed by atoms with Gasteiger partial charge in [-0.15, -0.1) is 0 Å². The van der Waals surface area contributed by atoms with Gasteiger partial charge in [0, 0.05) is 19.7 Å². The normalized spacial score (nSPS) is 31.3. The minimum atomic E-state index is 0.500. The molecule has 0 N–H and O–H groups in total. The molecule has 1 rings (SSSR count). The molecule has 0 aromatic rings. The fourth-order valence-corrected chi connectivity index (χ4v) is 0.726. The lowest BCUT2D eigenvalue weighted by atomic mass is 10.3.